The lowest BCUT2D eigenvalue weighted by molar-refractivity contribution is 1.07. The van der Waals surface area contributed by atoms with Crippen LogP contribution in [0.4, 0.5) is 0 Å². The highest BCUT2D eigenvalue weighted by atomic mass is 32.1. The van der Waals surface area contributed by atoms with Crippen molar-refractivity contribution in [3.8, 4) is 56.2 Å². The van der Waals surface area contributed by atoms with Crippen LogP contribution in [-0.4, -0.2) is 22.4 Å². The van der Waals surface area contributed by atoms with E-state index in [9.17, 15) is 0 Å². The Morgan fingerprint density at radius 1 is 0.452 bits per heavy atom. The van der Waals surface area contributed by atoms with Crippen molar-refractivity contribution in [2.24, 2.45) is 9.98 Å². The Kier molecular flexibility index (Phi) is 10.8. The van der Waals surface area contributed by atoms with Gasteiger partial charge in [0.1, 0.15) is 0 Å². The number of fused-ring (bicyclic) bond motifs is 3. The smallest absolute Gasteiger partial charge is 0.160 e. The van der Waals surface area contributed by atoms with E-state index in [0.717, 1.165) is 61.7 Å². The van der Waals surface area contributed by atoms with Crippen molar-refractivity contribution in [3.05, 3.63) is 235 Å². The molecule has 10 aromatic rings. The summed E-state index contributed by atoms with van der Waals surface area (Å²) in [6.45, 7) is 4.39. The number of rotatable bonds is 11. The fraction of sp³-hybridized carbons (Fsp3) is 0.0175. The molecule has 0 fully saturated rings. The second-order valence-electron chi connectivity index (χ2n) is 15.1. The minimum absolute atomic E-state index is 0.542. The van der Waals surface area contributed by atoms with Gasteiger partial charge in [0.15, 0.2) is 5.82 Å². The van der Waals surface area contributed by atoms with Gasteiger partial charge in [0, 0.05) is 42.4 Å². The van der Waals surface area contributed by atoms with Gasteiger partial charge in [-0.3, -0.25) is 9.98 Å². The number of aromatic nitrogens is 2. The van der Waals surface area contributed by atoms with Gasteiger partial charge in [-0.25, -0.2) is 9.97 Å². The van der Waals surface area contributed by atoms with E-state index in [-0.39, 0.29) is 0 Å². The van der Waals surface area contributed by atoms with E-state index in [4.69, 9.17) is 15.0 Å². The maximum atomic E-state index is 5.08. The molecular formula is C57H40N4S. The van der Waals surface area contributed by atoms with Crippen LogP contribution in [0.3, 0.4) is 0 Å². The van der Waals surface area contributed by atoms with Crippen LogP contribution < -0.4 is 0 Å². The van der Waals surface area contributed by atoms with Gasteiger partial charge >= 0.3 is 0 Å². The Hall–Kier alpha value is -7.86. The number of thiophene rings is 1. The maximum absolute atomic E-state index is 5.08. The number of benzene rings is 8. The highest BCUT2D eigenvalue weighted by molar-refractivity contribution is 7.25. The van der Waals surface area contributed by atoms with E-state index >= 15 is 0 Å². The van der Waals surface area contributed by atoms with E-state index in [2.05, 4.69) is 139 Å². The Morgan fingerprint density at radius 3 is 1.42 bits per heavy atom. The molecule has 0 unspecified atom stereocenters. The van der Waals surface area contributed by atoms with Gasteiger partial charge in [-0.05, 0) is 76.5 Å². The Balaban J connectivity index is 0.918. The predicted octanol–water partition coefficient (Wildman–Crippen LogP) is 14.9. The van der Waals surface area contributed by atoms with Crippen LogP contribution in [0.5, 0.6) is 0 Å². The first-order valence-corrected chi connectivity index (χ1v) is 21.5. The molecule has 0 spiro atoms. The third-order valence-electron chi connectivity index (χ3n) is 11.1. The molecule has 0 saturated heterocycles. The normalized spacial score (nSPS) is 11.9. The molecule has 2 heterocycles. The Morgan fingerprint density at radius 2 is 0.903 bits per heavy atom. The Labute approximate surface area is 365 Å². The van der Waals surface area contributed by atoms with Crippen LogP contribution in [0.25, 0.3) is 82.0 Å². The van der Waals surface area contributed by atoms with E-state index in [1.54, 1.807) is 0 Å². The minimum Gasteiger partial charge on any atom is -0.280 e. The monoisotopic (exact) mass is 812 g/mol. The fourth-order valence-electron chi connectivity index (χ4n) is 7.81. The second-order valence-corrected chi connectivity index (χ2v) is 16.2. The quantitative estimate of drug-likeness (QED) is 0.122. The molecule has 10 rings (SSSR count). The van der Waals surface area contributed by atoms with E-state index in [0.29, 0.717) is 12.4 Å². The summed E-state index contributed by atoms with van der Waals surface area (Å²) in [5.74, 6) is 0.705. The first-order valence-electron chi connectivity index (χ1n) is 20.7. The number of hydrogen-bond donors (Lipinski definition) is 0. The first kappa shape index (κ1) is 38.3. The standard InChI is InChI=1S/C57H40N4S/c1-58-51(42-14-6-2-7-15-42)36-52(43-16-8-3-9-17-43)59-38-39-22-24-40(25-23-39)47-30-32-55-49(34-47)50-35-48(31-33-56(50)62-55)41-26-28-46(29-27-41)57-60-53(44-18-10-4-11-19-44)37-54(61-57)45-20-12-5-13-21-45/h2-37H,1,38H2/b51-36-,59-52?. The van der Waals surface area contributed by atoms with Crippen molar-refractivity contribution in [2.45, 2.75) is 6.54 Å². The van der Waals surface area contributed by atoms with Gasteiger partial charge in [0.25, 0.3) is 0 Å². The molecule has 0 aliphatic carbocycles. The van der Waals surface area contributed by atoms with Crippen LogP contribution in [0.1, 0.15) is 16.7 Å². The second kappa shape index (κ2) is 17.4. The molecule has 0 bridgehead atoms. The third-order valence-corrected chi connectivity index (χ3v) is 12.3. The zero-order chi connectivity index (χ0) is 41.7. The largest absolute Gasteiger partial charge is 0.280 e. The third kappa shape index (κ3) is 8.18. The van der Waals surface area contributed by atoms with Gasteiger partial charge in [0.2, 0.25) is 0 Å². The number of aliphatic imine (C=N–C) groups is 2. The number of allylic oxidation sites excluding steroid dienone is 1. The SMILES string of the molecule is C=N/C(=C\C(=NCc1ccc(-c2ccc3sc4ccc(-c5ccc(-c6nc(-c7ccccc7)cc(-c7ccccc7)n6)cc5)cc4c3c2)cc1)c1ccccc1)c1ccccc1. The highest BCUT2D eigenvalue weighted by Gasteiger charge is 2.13. The van der Waals surface area contributed by atoms with Crippen LogP contribution in [0.15, 0.2) is 228 Å². The summed E-state index contributed by atoms with van der Waals surface area (Å²) in [5.41, 5.74) is 14.4. The molecule has 4 nitrogen and oxygen atoms in total. The van der Waals surface area contributed by atoms with Crippen molar-refractivity contribution in [1.29, 1.82) is 0 Å². The molecule has 8 aromatic carbocycles. The van der Waals surface area contributed by atoms with Crippen LogP contribution in [0, 0.1) is 0 Å². The highest BCUT2D eigenvalue weighted by Crippen LogP contribution is 2.39. The van der Waals surface area contributed by atoms with Gasteiger partial charge in [-0.1, -0.05) is 182 Å². The molecule has 2 aromatic heterocycles. The molecule has 0 saturated carbocycles. The van der Waals surface area contributed by atoms with Gasteiger partial charge in [0.05, 0.1) is 29.3 Å². The zero-order valence-corrected chi connectivity index (χ0v) is 34.7. The van der Waals surface area contributed by atoms with Gasteiger partial charge < -0.3 is 0 Å². The molecule has 0 aliphatic rings. The lowest BCUT2D eigenvalue weighted by atomic mass is 9.99. The summed E-state index contributed by atoms with van der Waals surface area (Å²) in [5, 5.41) is 2.52. The molecule has 62 heavy (non-hydrogen) atoms. The molecule has 0 radical (unpaired) electrons. The summed E-state index contributed by atoms with van der Waals surface area (Å²) in [6.07, 6.45) is 2.02. The molecule has 294 valence electrons. The maximum Gasteiger partial charge on any atom is 0.160 e. The van der Waals surface area contributed by atoms with E-state index in [1.807, 2.05) is 102 Å². The summed E-state index contributed by atoms with van der Waals surface area (Å²) in [7, 11) is 0. The minimum atomic E-state index is 0.542. The van der Waals surface area contributed by atoms with Gasteiger partial charge in [-0.2, -0.15) is 0 Å². The van der Waals surface area contributed by atoms with Crippen molar-refractivity contribution in [1.82, 2.24) is 9.97 Å². The van der Waals surface area contributed by atoms with Crippen molar-refractivity contribution < 1.29 is 0 Å². The van der Waals surface area contributed by atoms with Crippen LogP contribution >= 0.6 is 11.3 Å². The summed E-state index contributed by atoms with van der Waals surface area (Å²) in [4.78, 5) is 19.5. The molecule has 0 N–H and O–H groups in total. The zero-order valence-electron chi connectivity index (χ0n) is 33.9. The van der Waals surface area contributed by atoms with E-state index < -0.39 is 0 Å². The summed E-state index contributed by atoms with van der Waals surface area (Å²) >= 11 is 1.84. The lowest BCUT2D eigenvalue weighted by Gasteiger charge is -2.10. The molecule has 0 aliphatic heterocycles. The molecule has 0 atom stereocenters. The first-order chi connectivity index (χ1) is 30.6. The average molecular weight is 813 g/mol. The lowest BCUT2D eigenvalue weighted by Crippen LogP contribution is -1.99. The average Bonchev–Trinajstić information content (AvgIpc) is 3.72. The van der Waals surface area contributed by atoms with Crippen molar-refractivity contribution >= 4 is 49.6 Å². The van der Waals surface area contributed by atoms with Crippen molar-refractivity contribution in [2.75, 3.05) is 0 Å². The van der Waals surface area contributed by atoms with Crippen LogP contribution in [-0.2, 0) is 6.54 Å². The summed E-state index contributed by atoms with van der Waals surface area (Å²) < 4.78 is 2.55. The van der Waals surface area contributed by atoms with Gasteiger partial charge in [-0.15, -0.1) is 11.3 Å². The predicted molar refractivity (Wildman–Crippen MR) is 263 cm³/mol. The fourth-order valence-corrected chi connectivity index (χ4v) is 8.87. The van der Waals surface area contributed by atoms with Crippen molar-refractivity contribution in [3.63, 3.8) is 0 Å². The summed E-state index contributed by atoms with van der Waals surface area (Å²) in [6, 6.07) is 74.1. The molecular weight excluding hydrogens is 773 g/mol. The number of hydrogen-bond acceptors (Lipinski definition) is 5. The number of nitrogens with zero attached hydrogens (tertiary/aromatic N) is 4. The molecule has 5 heteroatoms. The Bertz CT molecular complexity index is 3170. The van der Waals surface area contributed by atoms with Crippen LogP contribution in [0.2, 0.25) is 0 Å². The topological polar surface area (TPSA) is 50.5 Å². The van der Waals surface area contributed by atoms with E-state index in [1.165, 1.54) is 36.9 Å². The molecule has 0 amide bonds.